The van der Waals surface area contributed by atoms with Crippen molar-refractivity contribution < 1.29 is 13.5 Å². The first-order valence-electron chi connectivity index (χ1n) is 5.38. The summed E-state index contributed by atoms with van der Waals surface area (Å²) in [5.74, 6) is -0.214. The van der Waals surface area contributed by atoms with Gasteiger partial charge in [-0.1, -0.05) is 6.07 Å². The zero-order chi connectivity index (χ0) is 12.6. The second kappa shape index (κ2) is 4.19. The fourth-order valence-corrected chi connectivity index (χ4v) is 3.65. The summed E-state index contributed by atoms with van der Waals surface area (Å²) >= 11 is 0. The summed E-state index contributed by atoms with van der Waals surface area (Å²) in [6.45, 7) is 1.90. The topological polar surface area (TPSA) is 92.4 Å². The number of anilines is 2. The van der Waals surface area contributed by atoms with E-state index in [1.54, 1.807) is 6.07 Å². The number of nitrogen functional groups attached to an aromatic ring is 1. The van der Waals surface area contributed by atoms with Gasteiger partial charge in [0.1, 0.15) is 0 Å². The van der Waals surface area contributed by atoms with E-state index < -0.39 is 22.0 Å². The lowest BCUT2D eigenvalue weighted by Crippen LogP contribution is -2.31. The van der Waals surface area contributed by atoms with Crippen LogP contribution in [0.2, 0.25) is 0 Å². The van der Waals surface area contributed by atoms with E-state index in [0.29, 0.717) is 5.69 Å². The summed E-state index contributed by atoms with van der Waals surface area (Å²) < 4.78 is 22.7. The predicted octanol–water partition coefficient (Wildman–Crippen LogP) is 0.147. The molecule has 94 valence electrons. The van der Waals surface area contributed by atoms with Crippen LogP contribution in [0.4, 0.5) is 11.4 Å². The van der Waals surface area contributed by atoms with Gasteiger partial charge in [-0.15, -0.1) is 0 Å². The smallest absolute Gasteiger partial charge is 0.155 e. The number of hydrogen-bond donors (Lipinski definition) is 3. The van der Waals surface area contributed by atoms with Crippen molar-refractivity contribution in [2.24, 2.45) is 0 Å². The van der Waals surface area contributed by atoms with Gasteiger partial charge >= 0.3 is 0 Å². The largest absolute Gasteiger partial charge is 0.398 e. The molecule has 1 heterocycles. The standard InChI is InChI=1S/C11H16N2O3S/c1-7-2-3-8(4-9(7)12)13-10-5-17(15,16)6-11(10)14/h2-4,10-11,13-14H,5-6,12H2,1H3/t10-,11+/m1/s1. The Morgan fingerprint density at radius 3 is 2.65 bits per heavy atom. The number of sulfone groups is 1. The Bertz CT molecular complexity index is 528. The van der Waals surface area contributed by atoms with E-state index >= 15 is 0 Å². The number of rotatable bonds is 2. The second-order valence-corrected chi connectivity index (χ2v) is 6.62. The van der Waals surface area contributed by atoms with Crippen molar-refractivity contribution in [3.05, 3.63) is 23.8 Å². The maximum Gasteiger partial charge on any atom is 0.155 e. The number of aryl methyl sites for hydroxylation is 1. The summed E-state index contributed by atoms with van der Waals surface area (Å²) in [4.78, 5) is 0. The third-order valence-corrected chi connectivity index (χ3v) is 4.67. The van der Waals surface area contributed by atoms with Crippen molar-refractivity contribution in [2.75, 3.05) is 22.6 Å². The Morgan fingerprint density at radius 2 is 2.12 bits per heavy atom. The minimum absolute atomic E-state index is 0.0397. The Hall–Kier alpha value is -1.27. The summed E-state index contributed by atoms with van der Waals surface area (Å²) in [5.41, 5.74) is 8.10. The molecule has 0 aromatic heterocycles. The number of aliphatic hydroxyl groups excluding tert-OH is 1. The number of hydrogen-bond acceptors (Lipinski definition) is 5. The quantitative estimate of drug-likeness (QED) is 0.655. The van der Waals surface area contributed by atoms with Crippen LogP contribution >= 0.6 is 0 Å². The minimum Gasteiger partial charge on any atom is -0.398 e. The summed E-state index contributed by atoms with van der Waals surface area (Å²) in [5, 5.41) is 12.6. The summed E-state index contributed by atoms with van der Waals surface area (Å²) in [7, 11) is -3.13. The van der Waals surface area contributed by atoms with Crippen molar-refractivity contribution in [1.29, 1.82) is 0 Å². The van der Waals surface area contributed by atoms with Crippen LogP contribution in [0, 0.1) is 6.92 Å². The molecule has 1 fully saturated rings. The van der Waals surface area contributed by atoms with E-state index in [9.17, 15) is 13.5 Å². The van der Waals surface area contributed by atoms with Crippen molar-refractivity contribution in [1.82, 2.24) is 0 Å². The van der Waals surface area contributed by atoms with Gasteiger partial charge < -0.3 is 16.2 Å². The first-order valence-corrected chi connectivity index (χ1v) is 7.21. The molecule has 0 bridgehead atoms. The maximum atomic E-state index is 11.3. The molecule has 1 saturated heterocycles. The summed E-state index contributed by atoms with van der Waals surface area (Å²) in [6, 6.07) is 4.96. The molecule has 17 heavy (non-hydrogen) atoms. The molecule has 5 nitrogen and oxygen atoms in total. The highest BCUT2D eigenvalue weighted by Crippen LogP contribution is 2.21. The first kappa shape index (κ1) is 12.2. The molecule has 2 rings (SSSR count). The SMILES string of the molecule is Cc1ccc(N[C@@H]2CS(=O)(=O)C[C@@H]2O)cc1N. The van der Waals surface area contributed by atoms with Gasteiger partial charge in [0.15, 0.2) is 9.84 Å². The molecule has 0 spiro atoms. The average Bonchev–Trinajstić information content (AvgIpc) is 2.46. The summed E-state index contributed by atoms with van der Waals surface area (Å²) in [6.07, 6.45) is -0.859. The van der Waals surface area contributed by atoms with Gasteiger partial charge in [-0.25, -0.2) is 8.42 Å². The third kappa shape index (κ3) is 2.70. The van der Waals surface area contributed by atoms with Gasteiger partial charge in [-0.2, -0.15) is 0 Å². The molecule has 1 aromatic rings. The third-order valence-electron chi connectivity index (χ3n) is 2.95. The van der Waals surface area contributed by atoms with Crippen molar-refractivity contribution in [3.8, 4) is 0 Å². The molecule has 0 saturated carbocycles. The fraction of sp³-hybridized carbons (Fsp3) is 0.455. The molecular formula is C11H16N2O3S. The van der Waals surface area contributed by atoms with Gasteiger partial charge in [-0.3, -0.25) is 0 Å². The highest BCUT2D eigenvalue weighted by Gasteiger charge is 2.36. The number of benzene rings is 1. The van der Waals surface area contributed by atoms with E-state index in [4.69, 9.17) is 5.73 Å². The van der Waals surface area contributed by atoms with Crippen molar-refractivity contribution in [3.63, 3.8) is 0 Å². The first-order chi connectivity index (χ1) is 7.87. The lowest BCUT2D eigenvalue weighted by molar-refractivity contribution is 0.190. The predicted molar refractivity (Wildman–Crippen MR) is 67.7 cm³/mol. The molecule has 2 atom stereocenters. The van der Waals surface area contributed by atoms with E-state index in [1.165, 1.54) is 0 Å². The highest BCUT2D eigenvalue weighted by molar-refractivity contribution is 7.91. The lowest BCUT2D eigenvalue weighted by atomic mass is 10.1. The molecule has 1 aliphatic rings. The van der Waals surface area contributed by atoms with E-state index in [-0.39, 0.29) is 11.5 Å². The molecule has 6 heteroatoms. The van der Waals surface area contributed by atoms with Gasteiger partial charge in [0.05, 0.1) is 23.7 Å². The van der Waals surface area contributed by atoms with Crippen LogP contribution in [0.5, 0.6) is 0 Å². The molecule has 0 amide bonds. The van der Waals surface area contributed by atoms with Crippen LogP contribution < -0.4 is 11.1 Å². The Balaban J connectivity index is 2.14. The molecule has 0 aliphatic carbocycles. The lowest BCUT2D eigenvalue weighted by Gasteiger charge is -2.17. The van der Waals surface area contributed by atoms with Crippen LogP contribution in [0.1, 0.15) is 5.56 Å². The molecule has 4 N–H and O–H groups in total. The van der Waals surface area contributed by atoms with E-state index in [1.807, 2.05) is 19.1 Å². The Kier molecular flexibility index (Phi) is 3.01. The number of nitrogens with two attached hydrogens (primary N) is 1. The zero-order valence-electron chi connectivity index (χ0n) is 9.55. The molecular weight excluding hydrogens is 240 g/mol. The highest BCUT2D eigenvalue weighted by atomic mass is 32.2. The monoisotopic (exact) mass is 256 g/mol. The second-order valence-electron chi connectivity index (χ2n) is 4.47. The number of aliphatic hydroxyl groups is 1. The average molecular weight is 256 g/mol. The molecule has 1 aromatic carbocycles. The fourth-order valence-electron chi connectivity index (χ4n) is 1.91. The Morgan fingerprint density at radius 1 is 1.41 bits per heavy atom. The van der Waals surface area contributed by atoms with Crippen molar-refractivity contribution >= 4 is 21.2 Å². The minimum atomic E-state index is -3.13. The van der Waals surface area contributed by atoms with E-state index in [0.717, 1.165) is 11.3 Å². The van der Waals surface area contributed by atoms with Gasteiger partial charge in [-0.05, 0) is 24.6 Å². The molecule has 1 aliphatic heterocycles. The Labute approximate surface area is 101 Å². The van der Waals surface area contributed by atoms with Crippen LogP contribution in [-0.2, 0) is 9.84 Å². The molecule has 0 unspecified atom stereocenters. The van der Waals surface area contributed by atoms with Gasteiger partial charge in [0, 0.05) is 11.4 Å². The normalized spacial score (nSPS) is 26.9. The molecule has 0 radical (unpaired) electrons. The zero-order valence-corrected chi connectivity index (χ0v) is 10.4. The van der Waals surface area contributed by atoms with E-state index in [2.05, 4.69) is 5.32 Å². The van der Waals surface area contributed by atoms with Crippen LogP contribution in [-0.4, -0.2) is 37.2 Å². The maximum absolute atomic E-state index is 11.3. The van der Waals surface area contributed by atoms with Crippen LogP contribution in [0.3, 0.4) is 0 Å². The van der Waals surface area contributed by atoms with Crippen LogP contribution in [0.15, 0.2) is 18.2 Å². The van der Waals surface area contributed by atoms with Crippen molar-refractivity contribution in [2.45, 2.75) is 19.1 Å². The van der Waals surface area contributed by atoms with Crippen LogP contribution in [0.25, 0.3) is 0 Å². The van der Waals surface area contributed by atoms with Gasteiger partial charge in [0.2, 0.25) is 0 Å². The number of nitrogens with one attached hydrogen (secondary N) is 1. The van der Waals surface area contributed by atoms with Gasteiger partial charge in [0.25, 0.3) is 0 Å².